The van der Waals surface area contributed by atoms with Crippen LogP contribution in [0, 0.1) is 0 Å². The number of nitrogens with zero attached hydrogens (tertiary/aromatic N) is 1. The number of nitrogens with two attached hydrogens (primary N) is 1. The largest absolute Gasteiger partial charge is 0.478 e. The number of primary amides is 1. The fourth-order valence-corrected chi connectivity index (χ4v) is 2.58. The normalized spacial score (nSPS) is 10.3. The summed E-state index contributed by atoms with van der Waals surface area (Å²) in [4.78, 5) is 22.3. The maximum Gasteiger partial charge on any atom is 0.335 e. The van der Waals surface area contributed by atoms with Gasteiger partial charge in [0.05, 0.1) is 5.56 Å². The highest BCUT2D eigenvalue weighted by atomic mass is 32.2. The summed E-state index contributed by atoms with van der Waals surface area (Å²) in [5.41, 5.74) is 7.12. The van der Waals surface area contributed by atoms with Crippen molar-refractivity contribution in [2.75, 3.05) is 16.6 Å². The van der Waals surface area contributed by atoms with Crippen molar-refractivity contribution in [2.45, 2.75) is 26.7 Å². The number of aryl methyl sites for hydroxylation is 1. The van der Waals surface area contributed by atoms with Gasteiger partial charge in [-0.05, 0) is 48.6 Å². The molecular weight excluding hydrogens is 276 g/mol. The lowest BCUT2D eigenvalue weighted by Crippen LogP contribution is -2.29. The first kappa shape index (κ1) is 16.4. The molecule has 3 N–H and O–H groups in total. The molecule has 1 aromatic carbocycles. The lowest BCUT2D eigenvalue weighted by molar-refractivity contribution is -0.116. The Balaban J connectivity index is 3.12. The summed E-state index contributed by atoms with van der Waals surface area (Å²) < 4.78 is 1.76. The van der Waals surface area contributed by atoms with E-state index in [-0.39, 0.29) is 12.1 Å². The van der Waals surface area contributed by atoms with E-state index in [1.165, 1.54) is 11.9 Å². The molecule has 0 heterocycles. The highest BCUT2D eigenvalue weighted by molar-refractivity contribution is 8.00. The fourth-order valence-electron chi connectivity index (χ4n) is 1.70. The Morgan fingerprint density at radius 1 is 1.30 bits per heavy atom. The zero-order valence-corrected chi connectivity index (χ0v) is 12.6. The molecule has 20 heavy (non-hydrogen) atoms. The molecular formula is C14H20N2O3S. The van der Waals surface area contributed by atoms with Crippen LogP contribution in [0.1, 0.15) is 36.2 Å². The van der Waals surface area contributed by atoms with Crippen LogP contribution in [0.4, 0.5) is 5.69 Å². The minimum absolute atomic E-state index is 0.0664. The predicted molar refractivity (Wildman–Crippen MR) is 82.1 cm³/mol. The summed E-state index contributed by atoms with van der Waals surface area (Å²) in [6, 6.07) is 5.13. The number of carboxylic acid groups (broad SMARTS) is 1. The van der Waals surface area contributed by atoms with E-state index in [1.54, 1.807) is 16.4 Å². The highest BCUT2D eigenvalue weighted by Gasteiger charge is 2.14. The molecule has 1 aromatic rings. The van der Waals surface area contributed by atoms with Gasteiger partial charge >= 0.3 is 5.97 Å². The number of aromatic carboxylic acids is 1. The molecule has 0 fully saturated rings. The van der Waals surface area contributed by atoms with Crippen LogP contribution in [0.25, 0.3) is 0 Å². The first-order chi connectivity index (χ1) is 9.47. The van der Waals surface area contributed by atoms with E-state index in [9.17, 15) is 9.59 Å². The van der Waals surface area contributed by atoms with Crippen molar-refractivity contribution in [1.29, 1.82) is 0 Å². The summed E-state index contributed by atoms with van der Waals surface area (Å²) >= 11 is 1.48. The average molecular weight is 296 g/mol. The Hall–Kier alpha value is -1.69. The highest BCUT2D eigenvalue weighted by Crippen LogP contribution is 2.26. The number of benzene rings is 1. The van der Waals surface area contributed by atoms with Gasteiger partial charge in [-0.2, -0.15) is 0 Å². The number of carbonyl (C=O) groups is 2. The van der Waals surface area contributed by atoms with Crippen molar-refractivity contribution in [3.8, 4) is 0 Å². The number of hydrogen-bond acceptors (Lipinski definition) is 4. The minimum Gasteiger partial charge on any atom is -0.478 e. The van der Waals surface area contributed by atoms with Crippen LogP contribution in [-0.2, 0) is 11.2 Å². The van der Waals surface area contributed by atoms with Gasteiger partial charge in [0.1, 0.15) is 6.54 Å². The van der Waals surface area contributed by atoms with Crippen LogP contribution in [0.2, 0.25) is 0 Å². The Bertz CT molecular complexity index is 491. The molecule has 0 aliphatic rings. The summed E-state index contributed by atoms with van der Waals surface area (Å²) in [5.74, 6) is -0.570. The molecule has 0 aliphatic heterocycles. The Labute approximate surface area is 123 Å². The van der Waals surface area contributed by atoms with Crippen molar-refractivity contribution in [2.24, 2.45) is 5.73 Å². The molecule has 0 radical (unpaired) electrons. The smallest absolute Gasteiger partial charge is 0.335 e. The quantitative estimate of drug-likeness (QED) is 0.719. The lowest BCUT2D eigenvalue weighted by atomic mass is 10.1. The fraction of sp³-hybridized carbons (Fsp3) is 0.429. The van der Waals surface area contributed by atoms with Crippen LogP contribution in [0.15, 0.2) is 18.2 Å². The Morgan fingerprint density at radius 2 is 2.00 bits per heavy atom. The molecule has 0 aromatic heterocycles. The van der Waals surface area contributed by atoms with Crippen molar-refractivity contribution in [3.63, 3.8) is 0 Å². The van der Waals surface area contributed by atoms with Crippen LogP contribution >= 0.6 is 11.9 Å². The van der Waals surface area contributed by atoms with Gasteiger partial charge in [-0.3, -0.25) is 4.79 Å². The number of amides is 1. The van der Waals surface area contributed by atoms with Gasteiger partial charge in [0.2, 0.25) is 5.91 Å². The third kappa shape index (κ3) is 4.77. The molecule has 0 atom stereocenters. The van der Waals surface area contributed by atoms with E-state index < -0.39 is 11.9 Å². The third-order valence-electron chi connectivity index (χ3n) is 2.67. The standard InChI is InChI=1S/C14H20N2O3S/c1-3-5-20-16(9-13(15)17)12-7-10(4-2)6-11(8-12)14(18)19/h6-8H,3-5,9H2,1-2H3,(H2,15,17)(H,18,19). The van der Waals surface area contributed by atoms with Gasteiger partial charge in [-0.1, -0.05) is 13.8 Å². The van der Waals surface area contributed by atoms with E-state index >= 15 is 0 Å². The number of carbonyl (C=O) groups excluding carboxylic acids is 1. The van der Waals surface area contributed by atoms with Crippen LogP contribution in [0.3, 0.4) is 0 Å². The average Bonchev–Trinajstić information content (AvgIpc) is 2.42. The summed E-state index contributed by atoms with van der Waals surface area (Å²) in [6.07, 6.45) is 1.69. The number of carboxylic acids is 1. The van der Waals surface area contributed by atoms with Crippen molar-refractivity contribution >= 4 is 29.5 Å². The van der Waals surface area contributed by atoms with Crippen molar-refractivity contribution in [1.82, 2.24) is 0 Å². The zero-order valence-electron chi connectivity index (χ0n) is 11.8. The van der Waals surface area contributed by atoms with Gasteiger partial charge < -0.3 is 15.1 Å². The van der Waals surface area contributed by atoms with E-state index in [1.807, 2.05) is 19.9 Å². The first-order valence-corrected chi connectivity index (χ1v) is 7.48. The van der Waals surface area contributed by atoms with Crippen LogP contribution in [-0.4, -0.2) is 29.3 Å². The monoisotopic (exact) mass is 296 g/mol. The van der Waals surface area contributed by atoms with Crippen LogP contribution in [0.5, 0.6) is 0 Å². The maximum atomic E-state index is 11.2. The molecule has 0 saturated carbocycles. The predicted octanol–water partition coefficient (Wildman–Crippen LogP) is 2.30. The second kappa shape index (κ2) is 7.79. The molecule has 0 unspecified atom stereocenters. The molecule has 1 rings (SSSR count). The van der Waals surface area contributed by atoms with E-state index in [4.69, 9.17) is 10.8 Å². The summed E-state index contributed by atoms with van der Waals surface area (Å²) in [7, 11) is 0. The Morgan fingerprint density at radius 3 is 2.50 bits per heavy atom. The zero-order chi connectivity index (χ0) is 15.1. The van der Waals surface area contributed by atoms with Crippen LogP contribution < -0.4 is 10.0 Å². The van der Waals surface area contributed by atoms with E-state index in [0.29, 0.717) is 5.69 Å². The molecule has 110 valence electrons. The molecule has 0 aliphatic carbocycles. The summed E-state index contributed by atoms with van der Waals surface area (Å²) in [5, 5.41) is 9.15. The number of hydrogen-bond donors (Lipinski definition) is 2. The second-order valence-electron chi connectivity index (χ2n) is 4.38. The topological polar surface area (TPSA) is 83.6 Å². The van der Waals surface area contributed by atoms with Crippen molar-refractivity contribution in [3.05, 3.63) is 29.3 Å². The number of anilines is 1. The van der Waals surface area contributed by atoms with Gasteiger partial charge in [0, 0.05) is 11.4 Å². The molecule has 6 heteroatoms. The molecule has 1 amide bonds. The van der Waals surface area contributed by atoms with Gasteiger partial charge in [0.25, 0.3) is 0 Å². The second-order valence-corrected chi connectivity index (χ2v) is 5.49. The SMILES string of the molecule is CCCSN(CC(N)=O)c1cc(CC)cc(C(=O)O)c1. The molecule has 0 bridgehead atoms. The number of rotatable bonds is 8. The third-order valence-corrected chi connectivity index (χ3v) is 3.91. The van der Waals surface area contributed by atoms with E-state index in [2.05, 4.69) is 0 Å². The Kier molecular flexibility index (Phi) is 6.38. The molecule has 0 saturated heterocycles. The van der Waals surface area contributed by atoms with Gasteiger partial charge in [0.15, 0.2) is 0 Å². The molecule has 5 nitrogen and oxygen atoms in total. The summed E-state index contributed by atoms with van der Waals surface area (Å²) in [6.45, 7) is 4.07. The van der Waals surface area contributed by atoms with Gasteiger partial charge in [-0.25, -0.2) is 4.79 Å². The van der Waals surface area contributed by atoms with Crippen molar-refractivity contribution < 1.29 is 14.7 Å². The van der Waals surface area contributed by atoms with E-state index in [0.717, 1.165) is 24.2 Å². The minimum atomic E-state index is -0.971. The molecule has 0 spiro atoms. The maximum absolute atomic E-state index is 11.2. The first-order valence-electron chi connectivity index (χ1n) is 6.53. The van der Waals surface area contributed by atoms with Gasteiger partial charge in [-0.15, -0.1) is 0 Å². The lowest BCUT2D eigenvalue weighted by Gasteiger charge is -2.22.